The van der Waals surface area contributed by atoms with Crippen molar-refractivity contribution in [2.75, 3.05) is 31.1 Å². The van der Waals surface area contributed by atoms with E-state index >= 15 is 0 Å². The fourth-order valence-corrected chi connectivity index (χ4v) is 4.23. The van der Waals surface area contributed by atoms with Gasteiger partial charge in [-0.2, -0.15) is 11.8 Å². The van der Waals surface area contributed by atoms with E-state index in [4.69, 9.17) is 0 Å². The Morgan fingerprint density at radius 1 is 1.05 bits per heavy atom. The number of carbonyl (C=O) groups excluding carboxylic acids is 1. The molecule has 1 amide bonds. The van der Waals surface area contributed by atoms with Crippen molar-refractivity contribution in [3.63, 3.8) is 0 Å². The first kappa shape index (κ1) is 14.9. The number of likely N-dealkylation sites (tertiary alicyclic amines) is 1. The maximum Gasteiger partial charge on any atom is 0.222 e. The first-order valence-electron chi connectivity index (χ1n) is 7.96. The molecule has 0 saturated carbocycles. The van der Waals surface area contributed by atoms with Crippen LogP contribution in [-0.2, 0) is 11.3 Å². The Morgan fingerprint density at radius 3 is 2.57 bits per heavy atom. The minimum absolute atomic E-state index is 0.327. The average molecular weight is 304 g/mol. The van der Waals surface area contributed by atoms with Crippen molar-refractivity contribution in [1.29, 1.82) is 0 Å². The first-order valence-corrected chi connectivity index (χ1v) is 9.12. The highest BCUT2D eigenvalue weighted by Crippen LogP contribution is 2.22. The number of benzene rings is 1. The SMILES string of the molecule is O=C1CC[C@@H](N2CCSCC2)CCN1Cc1ccccc1. The second-order valence-corrected chi connectivity index (χ2v) is 7.16. The van der Waals surface area contributed by atoms with E-state index in [9.17, 15) is 4.79 Å². The molecule has 3 nitrogen and oxygen atoms in total. The van der Waals surface area contributed by atoms with Crippen molar-refractivity contribution >= 4 is 17.7 Å². The van der Waals surface area contributed by atoms with Gasteiger partial charge in [0.1, 0.15) is 0 Å². The van der Waals surface area contributed by atoms with E-state index in [1.54, 1.807) is 0 Å². The molecule has 0 aromatic heterocycles. The second-order valence-electron chi connectivity index (χ2n) is 5.93. The molecule has 114 valence electrons. The van der Waals surface area contributed by atoms with Gasteiger partial charge in [-0.25, -0.2) is 0 Å². The first-order chi connectivity index (χ1) is 10.3. The molecule has 2 aliphatic rings. The van der Waals surface area contributed by atoms with E-state index in [2.05, 4.69) is 28.8 Å². The summed E-state index contributed by atoms with van der Waals surface area (Å²) in [7, 11) is 0. The zero-order chi connectivity index (χ0) is 14.5. The largest absolute Gasteiger partial charge is 0.338 e. The molecule has 1 aromatic carbocycles. The molecule has 1 aromatic rings. The van der Waals surface area contributed by atoms with Crippen molar-refractivity contribution in [3.8, 4) is 0 Å². The summed E-state index contributed by atoms with van der Waals surface area (Å²) in [4.78, 5) is 17.0. The third-order valence-electron chi connectivity index (χ3n) is 4.55. The summed E-state index contributed by atoms with van der Waals surface area (Å²) in [6, 6.07) is 10.9. The van der Waals surface area contributed by atoms with Crippen LogP contribution in [0.15, 0.2) is 30.3 Å². The van der Waals surface area contributed by atoms with Crippen LogP contribution in [0.2, 0.25) is 0 Å². The van der Waals surface area contributed by atoms with E-state index in [0.29, 0.717) is 18.4 Å². The Labute approximate surface area is 131 Å². The van der Waals surface area contributed by atoms with Crippen LogP contribution >= 0.6 is 11.8 Å². The Hall–Kier alpha value is -1.00. The maximum absolute atomic E-state index is 12.4. The van der Waals surface area contributed by atoms with Crippen molar-refractivity contribution in [1.82, 2.24) is 9.80 Å². The van der Waals surface area contributed by atoms with E-state index in [-0.39, 0.29) is 0 Å². The Balaban J connectivity index is 1.59. The number of hydrogen-bond acceptors (Lipinski definition) is 3. The number of amides is 1. The molecule has 1 atom stereocenters. The number of hydrogen-bond donors (Lipinski definition) is 0. The molecule has 0 aliphatic carbocycles. The normalized spacial score (nSPS) is 24.9. The second kappa shape index (κ2) is 7.32. The monoisotopic (exact) mass is 304 g/mol. The van der Waals surface area contributed by atoms with Gasteiger partial charge in [-0.15, -0.1) is 0 Å². The quantitative estimate of drug-likeness (QED) is 0.857. The zero-order valence-corrected chi connectivity index (χ0v) is 13.4. The predicted octanol–water partition coefficient (Wildman–Crippen LogP) is 2.62. The highest BCUT2D eigenvalue weighted by molar-refractivity contribution is 7.99. The summed E-state index contributed by atoms with van der Waals surface area (Å²) >= 11 is 2.05. The van der Waals surface area contributed by atoms with Crippen LogP contribution in [0.25, 0.3) is 0 Å². The number of nitrogens with zero attached hydrogens (tertiary/aromatic N) is 2. The van der Waals surface area contributed by atoms with Gasteiger partial charge in [0.05, 0.1) is 0 Å². The van der Waals surface area contributed by atoms with Gasteiger partial charge in [0.25, 0.3) is 0 Å². The Kier molecular flexibility index (Phi) is 5.20. The van der Waals surface area contributed by atoms with E-state index < -0.39 is 0 Å². The molecular weight excluding hydrogens is 280 g/mol. The summed E-state index contributed by atoms with van der Waals surface area (Å²) in [5, 5.41) is 0. The van der Waals surface area contributed by atoms with E-state index in [1.165, 1.54) is 30.2 Å². The van der Waals surface area contributed by atoms with Crippen LogP contribution in [0.5, 0.6) is 0 Å². The average Bonchev–Trinajstić information content (AvgIpc) is 2.72. The van der Waals surface area contributed by atoms with Gasteiger partial charge in [0.15, 0.2) is 0 Å². The van der Waals surface area contributed by atoms with Crippen LogP contribution < -0.4 is 0 Å². The van der Waals surface area contributed by atoms with Gasteiger partial charge in [0.2, 0.25) is 5.91 Å². The highest BCUT2D eigenvalue weighted by Gasteiger charge is 2.27. The lowest BCUT2D eigenvalue weighted by molar-refractivity contribution is -0.131. The van der Waals surface area contributed by atoms with Crippen LogP contribution in [0.4, 0.5) is 0 Å². The molecule has 0 N–H and O–H groups in total. The summed E-state index contributed by atoms with van der Waals surface area (Å²) < 4.78 is 0. The standard InChI is InChI=1S/C17H24N2OS/c20-17-7-6-16(18-10-12-21-13-11-18)8-9-19(17)14-15-4-2-1-3-5-15/h1-5,16H,6-14H2/t16-/m1/s1. The molecule has 21 heavy (non-hydrogen) atoms. The lowest BCUT2D eigenvalue weighted by Crippen LogP contribution is -2.41. The van der Waals surface area contributed by atoms with Crippen molar-refractivity contribution in [2.24, 2.45) is 0 Å². The van der Waals surface area contributed by atoms with Gasteiger partial charge >= 0.3 is 0 Å². The third kappa shape index (κ3) is 4.01. The van der Waals surface area contributed by atoms with Crippen LogP contribution in [0.1, 0.15) is 24.8 Å². The molecule has 4 heteroatoms. The Morgan fingerprint density at radius 2 is 1.81 bits per heavy atom. The summed E-state index contributed by atoms with van der Waals surface area (Å²) in [6.45, 7) is 4.06. The summed E-state index contributed by atoms with van der Waals surface area (Å²) in [6.07, 6.45) is 2.87. The van der Waals surface area contributed by atoms with Gasteiger partial charge < -0.3 is 4.90 Å². The minimum atomic E-state index is 0.327. The molecular formula is C17H24N2OS. The molecule has 2 saturated heterocycles. The lowest BCUT2D eigenvalue weighted by atomic mass is 10.1. The molecule has 0 unspecified atom stereocenters. The lowest BCUT2D eigenvalue weighted by Gasteiger charge is -2.33. The van der Waals surface area contributed by atoms with Crippen LogP contribution in [-0.4, -0.2) is 52.9 Å². The highest BCUT2D eigenvalue weighted by atomic mass is 32.2. The fraction of sp³-hybridized carbons (Fsp3) is 0.588. The number of rotatable bonds is 3. The van der Waals surface area contributed by atoms with E-state index in [0.717, 1.165) is 25.9 Å². The predicted molar refractivity (Wildman–Crippen MR) is 88.4 cm³/mol. The molecule has 2 heterocycles. The van der Waals surface area contributed by atoms with Gasteiger partial charge in [-0.05, 0) is 18.4 Å². The molecule has 3 rings (SSSR count). The third-order valence-corrected chi connectivity index (χ3v) is 5.50. The smallest absolute Gasteiger partial charge is 0.222 e. The van der Waals surface area contributed by atoms with Crippen LogP contribution in [0, 0.1) is 0 Å². The van der Waals surface area contributed by atoms with E-state index in [1.807, 2.05) is 23.1 Å². The topological polar surface area (TPSA) is 23.6 Å². The maximum atomic E-state index is 12.4. The summed E-state index contributed by atoms with van der Waals surface area (Å²) in [5.74, 6) is 2.82. The van der Waals surface area contributed by atoms with Crippen molar-refractivity contribution < 1.29 is 4.79 Å². The Bertz CT molecular complexity index is 459. The minimum Gasteiger partial charge on any atom is -0.338 e. The fourth-order valence-electron chi connectivity index (χ4n) is 3.30. The molecule has 0 spiro atoms. The van der Waals surface area contributed by atoms with Crippen molar-refractivity contribution in [2.45, 2.75) is 31.8 Å². The molecule has 0 bridgehead atoms. The van der Waals surface area contributed by atoms with Gasteiger partial charge in [-0.3, -0.25) is 9.69 Å². The number of carbonyl (C=O) groups is 1. The summed E-state index contributed by atoms with van der Waals surface area (Å²) in [5.41, 5.74) is 1.23. The van der Waals surface area contributed by atoms with Gasteiger partial charge in [0, 0.05) is 50.1 Å². The van der Waals surface area contributed by atoms with Gasteiger partial charge in [-0.1, -0.05) is 30.3 Å². The molecule has 2 fully saturated rings. The van der Waals surface area contributed by atoms with Crippen molar-refractivity contribution in [3.05, 3.63) is 35.9 Å². The van der Waals surface area contributed by atoms with Crippen LogP contribution in [0.3, 0.4) is 0 Å². The molecule has 2 aliphatic heterocycles. The molecule has 0 radical (unpaired) electrons. The zero-order valence-electron chi connectivity index (χ0n) is 12.5. The number of thioether (sulfide) groups is 1.